The van der Waals surface area contributed by atoms with E-state index in [0.29, 0.717) is 6.61 Å². The van der Waals surface area contributed by atoms with Crippen LogP contribution in [0.25, 0.3) is 0 Å². The third-order valence-electron chi connectivity index (χ3n) is 4.08. The van der Waals surface area contributed by atoms with Crippen LogP contribution in [0.4, 0.5) is 0 Å². The maximum absolute atomic E-state index is 5.54. The van der Waals surface area contributed by atoms with E-state index in [1.807, 2.05) is 6.92 Å². The van der Waals surface area contributed by atoms with Crippen LogP contribution in [0.15, 0.2) is 51.5 Å². The number of hydrogen-bond donors (Lipinski definition) is 0. The first-order valence-electron chi connectivity index (χ1n) is 7.13. The summed E-state index contributed by atoms with van der Waals surface area (Å²) in [4.78, 5) is 0. The van der Waals surface area contributed by atoms with Gasteiger partial charge in [-0.2, -0.15) is 0 Å². The van der Waals surface area contributed by atoms with Gasteiger partial charge in [-0.3, -0.25) is 0 Å². The quantitative estimate of drug-likeness (QED) is 0.382. The minimum Gasteiger partial charge on any atom is -0.494 e. The van der Waals surface area contributed by atoms with Gasteiger partial charge in [-0.25, -0.2) is 0 Å². The predicted octanol–water partition coefficient (Wildman–Crippen LogP) is 5.23. The van der Waals surface area contributed by atoms with Crippen molar-refractivity contribution in [2.24, 2.45) is 0 Å². The smallest absolute Gasteiger partial charge is 0.115 e. The summed E-state index contributed by atoms with van der Waals surface area (Å²) in [7, 11) is 0. The molecule has 0 bridgehead atoms. The molecule has 0 unspecified atom stereocenters. The lowest BCUT2D eigenvalue weighted by Gasteiger charge is -2.08. The molecule has 1 nitrogen and oxygen atoms in total. The number of hydrogen-bond acceptors (Lipinski definition) is 1. The van der Waals surface area contributed by atoms with Crippen molar-refractivity contribution < 1.29 is 4.74 Å². The summed E-state index contributed by atoms with van der Waals surface area (Å²) in [6.45, 7) is 13.4. The van der Waals surface area contributed by atoms with Crippen LogP contribution in [0, 0.1) is 0 Å². The summed E-state index contributed by atoms with van der Waals surface area (Å²) < 4.78 is 5.54. The second-order valence-electron chi connectivity index (χ2n) is 5.71. The molecule has 102 valence electrons. The van der Waals surface area contributed by atoms with Crippen LogP contribution < -0.4 is 0 Å². The molecule has 1 heteroatoms. The van der Waals surface area contributed by atoms with Crippen LogP contribution in [-0.4, -0.2) is 6.61 Å². The van der Waals surface area contributed by atoms with Crippen molar-refractivity contribution in [1.82, 2.24) is 0 Å². The molecule has 0 amide bonds. The molecular weight excluding hydrogens is 232 g/mol. The van der Waals surface area contributed by atoms with E-state index in [1.54, 1.807) is 0 Å². The minimum absolute atomic E-state index is 0.693. The fourth-order valence-electron chi connectivity index (χ4n) is 2.88. The lowest BCUT2D eigenvalue weighted by molar-refractivity contribution is 0.238. The molecule has 0 N–H and O–H groups in total. The summed E-state index contributed by atoms with van der Waals surface area (Å²) in [6, 6.07) is 0. The number of allylic oxidation sites excluding steroid dienone is 5. The Hall–Kier alpha value is -1.46. The van der Waals surface area contributed by atoms with Gasteiger partial charge in [0.1, 0.15) is 5.76 Å². The molecule has 0 aromatic rings. The normalized spacial score (nSPS) is 19.4. The highest BCUT2D eigenvalue weighted by atomic mass is 16.5. The second-order valence-corrected chi connectivity index (χ2v) is 5.71. The molecule has 2 aliphatic carbocycles. The average molecular weight is 256 g/mol. The average Bonchev–Trinajstić information content (AvgIpc) is 2.84. The van der Waals surface area contributed by atoms with Gasteiger partial charge in [-0.15, -0.1) is 5.73 Å². The van der Waals surface area contributed by atoms with Crippen molar-refractivity contribution in [3.8, 4) is 0 Å². The molecular formula is C18H24O. The van der Waals surface area contributed by atoms with E-state index in [1.165, 1.54) is 33.4 Å². The zero-order chi connectivity index (χ0) is 14.0. The van der Waals surface area contributed by atoms with Crippen LogP contribution in [0.1, 0.15) is 53.4 Å². The van der Waals surface area contributed by atoms with E-state index < -0.39 is 0 Å². The lowest BCUT2D eigenvalue weighted by Crippen LogP contribution is -1.93. The predicted molar refractivity (Wildman–Crippen MR) is 80.8 cm³/mol. The Morgan fingerprint density at radius 2 is 1.53 bits per heavy atom. The Morgan fingerprint density at radius 1 is 1.00 bits per heavy atom. The molecule has 0 saturated heterocycles. The third kappa shape index (κ3) is 3.11. The van der Waals surface area contributed by atoms with Crippen molar-refractivity contribution in [3.63, 3.8) is 0 Å². The first-order valence-corrected chi connectivity index (χ1v) is 7.13. The standard InChI is InChI=1S/C18H24O/c1-6-19-15(5)18-11-17(9-14(18)4)10-16-7-12(2)13(3)8-16/h5-9,11H2,1-4H3. The highest BCUT2D eigenvalue weighted by Gasteiger charge is 2.19. The molecule has 0 saturated carbocycles. The van der Waals surface area contributed by atoms with E-state index in [4.69, 9.17) is 4.74 Å². The minimum atomic E-state index is 0.693. The Labute approximate surface area is 117 Å². The summed E-state index contributed by atoms with van der Waals surface area (Å²) >= 11 is 0. The fraction of sp³-hybridized carbons (Fsp3) is 0.500. The SMILES string of the molecule is C=C(OCC)C1=C(C)CC(=C=C2CC(C)=C(C)C2)C1. The summed E-state index contributed by atoms with van der Waals surface area (Å²) in [5, 5.41) is 0. The molecule has 2 rings (SSSR count). The van der Waals surface area contributed by atoms with Gasteiger partial charge in [0.05, 0.1) is 6.61 Å². The maximum atomic E-state index is 5.54. The molecule has 2 aliphatic rings. The topological polar surface area (TPSA) is 9.23 Å². The van der Waals surface area contributed by atoms with E-state index >= 15 is 0 Å². The Balaban J connectivity index is 2.13. The Kier molecular flexibility index (Phi) is 4.17. The van der Waals surface area contributed by atoms with E-state index in [9.17, 15) is 0 Å². The van der Waals surface area contributed by atoms with Crippen molar-refractivity contribution in [2.45, 2.75) is 53.4 Å². The summed E-state index contributed by atoms with van der Waals surface area (Å²) in [6.07, 6.45) is 4.21. The van der Waals surface area contributed by atoms with Crippen molar-refractivity contribution >= 4 is 0 Å². The molecule has 19 heavy (non-hydrogen) atoms. The highest BCUT2D eigenvalue weighted by molar-refractivity contribution is 5.42. The van der Waals surface area contributed by atoms with Crippen LogP contribution in [-0.2, 0) is 4.74 Å². The number of ether oxygens (including phenoxy) is 1. The van der Waals surface area contributed by atoms with E-state index in [2.05, 4.69) is 33.1 Å². The first kappa shape index (κ1) is 14.0. The van der Waals surface area contributed by atoms with Gasteiger partial charge in [0.2, 0.25) is 0 Å². The molecule has 0 aromatic heterocycles. The molecule has 0 heterocycles. The zero-order valence-corrected chi connectivity index (χ0v) is 12.7. The zero-order valence-electron chi connectivity index (χ0n) is 12.7. The van der Waals surface area contributed by atoms with Gasteiger partial charge in [0, 0.05) is 6.42 Å². The van der Waals surface area contributed by atoms with Gasteiger partial charge in [-0.1, -0.05) is 23.3 Å². The second kappa shape index (κ2) is 5.67. The summed E-state index contributed by atoms with van der Waals surface area (Å²) in [5.74, 6) is 0.846. The molecule has 0 aliphatic heterocycles. The monoisotopic (exact) mass is 256 g/mol. The third-order valence-corrected chi connectivity index (χ3v) is 4.08. The van der Waals surface area contributed by atoms with E-state index in [-0.39, 0.29) is 0 Å². The lowest BCUT2D eigenvalue weighted by atomic mass is 10.1. The molecule has 0 atom stereocenters. The molecule has 0 fully saturated rings. The fourth-order valence-corrected chi connectivity index (χ4v) is 2.88. The van der Waals surface area contributed by atoms with Crippen molar-refractivity contribution in [2.75, 3.05) is 6.61 Å². The number of rotatable bonds is 3. The van der Waals surface area contributed by atoms with Crippen LogP contribution in [0.5, 0.6) is 0 Å². The molecule has 0 radical (unpaired) electrons. The Morgan fingerprint density at radius 3 is 2.11 bits per heavy atom. The van der Waals surface area contributed by atoms with Crippen molar-refractivity contribution in [3.05, 3.63) is 51.5 Å². The van der Waals surface area contributed by atoms with E-state index in [0.717, 1.165) is 31.4 Å². The molecule has 0 aromatic carbocycles. The molecule has 0 spiro atoms. The summed E-state index contributed by atoms with van der Waals surface area (Å²) in [5.41, 5.74) is 12.2. The van der Waals surface area contributed by atoms with Gasteiger partial charge in [0.15, 0.2) is 0 Å². The van der Waals surface area contributed by atoms with Crippen LogP contribution in [0.2, 0.25) is 0 Å². The van der Waals surface area contributed by atoms with Crippen LogP contribution >= 0.6 is 0 Å². The first-order chi connectivity index (χ1) is 9.01. The Bertz CT molecular complexity index is 518. The van der Waals surface area contributed by atoms with Gasteiger partial charge < -0.3 is 4.74 Å². The van der Waals surface area contributed by atoms with Gasteiger partial charge >= 0.3 is 0 Å². The maximum Gasteiger partial charge on any atom is 0.115 e. The van der Waals surface area contributed by atoms with Gasteiger partial charge in [0.25, 0.3) is 0 Å². The highest BCUT2D eigenvalue weighted by Crippen LogP contribution is 2.36. The largest absolute Gasteiger partial charge is 0.494 e. The van der Waals surface area contributed by atoms with Crippen molar-refractivity contribution in [1.29, 1.82) is 0 Å². The van der Waals surface area contributed by atoms with Crippen LogP contribution in [0.3, 0.4) is 0 Å². The van der Waals surface area contributed by atoms with Gasteiger partial charge in [-0.05, 0) is 63.7 Å².